The Hall–Kier alpha value is -3.82. The van der Waals surface area contributed by atoms with Gasteiger partial charge >= 0.3 is 0 Å². The molecule has 1 atom stereocenters. The molecule has 0 spiro atoms. The molecule has 1 saturated carbocycles. The molecule has 158 valence electrons. The van der Waals surface area contributed by atoms with E-state index in [0.29, 0.717) is 34.7 Å². The second-order valence-corrected chi connectivity index (χ2v) is 7.77. The van der Waals surface area contributed by atoms with Gasteiger partial charge in [0, 0.05) is 17.2 Å². The SMILES string of the molecule is CC(Nc1nc(NC2CC2)n2ncc(/C=C3\CC(=O)NC3=O)c2n1)c1cccc(F)c1. The zero-order valence-electron chi connectivity index (χ0n) is 16.7. The average molecular weight is 421 g/mol. The Balaban J connectivity index is 1.53. The Bertz CT molecular complexity index is 1230. The minimum absolute atomic E-state index is 0.0240. The van der Waals surface area contributed by atoms with Gasteiger partial charge in [-0.15, -0.1) is 0 Å². The first-order chi connectivity index (χ1) is 15.0. The highest BCUT2D eigenvalue weighted by atomic mass is 19.1. The molecule has 0 radical (unpaired) electrons. The van der Waals surface area contributed by atoms with Crippen molar-refractivity contribution in [2.24, 2.45) is 0 Å². The summed E-state index contributed by atoms with van der Waals surface area (Å²) in [6.45, 7) is 1.89. The van der Waals surface area contributed by atoms with Crippen molar-refractivity contribution in [3.05, 3.63) is 53.0 Å². The van der Waals surface area contributed by atoms with Crippen molar-refractivity contribution >= 4 is 35.4 Å². The van der Waals surface area contributed by atoms with E-state index in [1.54, 1.807) is 22.9 Å². The summed E-state index contributed by atoms with van der Waals surface area (Å²) < 4.78 is 15.2. The first kappa shape index (κ1) is 19.2. The molecule has 2 aromatic heterocycles. The van der Waals surface area contributed by atoms with Gasteiger partial charge in [0.05, 0.1) is 18.7 Å². The van der Waals surface area contributed by atoms with E-state index < -0.39 is 5.91 Å². The summed E-state index contributed by atoms with van der Waals surface area (Å²) in [5.41, 5.74) is 2.21. The number of anilines is 2. The van der Waals surface area contributed by atoms with Crippen LogP contribution >= 0.6 is 0 Å². The number of hydrogen-bond acceptors (Lipinski definition) is 7. The predicted octanol–water partition coefficient (Wildman–Crippen LogP) is 2.44. The van der Waals surface area contributed by atoms with E-state index in [-0.39, 0.29) is 24.2 Å². The van der Waals surface area contributed by atoms with Crippen LogP contribution in [0.1, 0.15) is 43.4 Å². The zero-order chi connectivity index (χ0) is 21.5. The predicted molar refractivity (Wildman–Crippen MR) is 112 cm³/mol. The summed E-state index contributed by atoms with van der Waals surface area (Å²) >= 11 is 0. The van der Waals surface area contributed by atoms with Gasteiger partial charge in [-0.1, -0.05) is 12.1 Å². The van der Waals surface area contributed by atoms with Gasteiger partial charge in [0.2, 0.25) is 17.8 Å². The normalized spacial score (nSPS) is 18.5. The Morgan fingerprint density at radius 1 is 1.29 bits per heavy atom. The molecule has 2 amide bonds. The molecule has 3 N–H and O–H groups in total. The second-order valence-electron chi connectivity index (χ2n) is 7.77. The fraction of sp³-hybridized carbons (Fsp3) is 0.286. The minimum Gasteiger partial charge on any atom is -0.351 e. The number of nitrogens with zero attached hydrogens (tertiary/aromatic N) is 4. The minimum atomic E-state index is -0.409. The van der Waals surface area contributed by atoms with E-state index in [1.807, 2.05) is 13.0 Å². The number of carbonyl (C=O) groups is 2. The van der Waals surface area contributed by atoms with Gasteiger partial charge in [-0.3, -0.25) is 14.9 Å². The lowest BCUT2D eigenvalue weighted by atomic mass is 10.1. The van der Waals surface area contributed by atoms with Crippen LogP contribution in [-0.2, 0) is 9.59 Å². The lowest BCUT2D eigenvalue weighted by molar-refractivity contribution is -0.124. The van der Waals surface area contributed by atoms with E-state index in [0.717, 1.165) is 18.4 Å². The van der Waals surface area contributed by atoms with Crippen molar-refractivity contribution in [3.63, 3.8) is 0 Å². The molecule has 1 aliphatic heterocycles. The Morgan fingerprint density at radius 2 is 2.13 bits per heavy atom. The number of imide groups is 1. The summed E-state index contributed by atoms with van der Waals surface area (Å²) in [5, 5.41) is 13.2. The quantitative estimate of drug-likeness (QED) is 0.414. The Kier molecular flexibility index (Phi) is 4.61. The Morgan fingerprint density at radius 3 is 2.84 bits per heavy atom. The van der Waals surface area contributed by atoms with Gasteiger partial charge in [0.1, 0.15) is 5.82 Å². The topological polar surface area (TPSA) is 113 Å². The molecule has 5 rings (SSSR count). The van der Waals surface area contributed by atoms with E-state index in [9.17, 15) is 14.0 Å². The van der Waals surface area contributed by atoms with Gasteiger partial charge in [-0.2, -0.15) is 19.6 Å². The molecule has 2 fully saturated rings. The number of nitrogens with one attached hydrogen (secondary N) is 3. The van der Waals surface area contributed by atoms with E-state index in [4.69, 9.17) is 0 Å². The molecule has 9 nitrogen and oxygen atoms in total. The number of halogens is 1. The third kappa shape index (κ3) is 3.96. The number of benzene rings is 1. The van der Waals surface area contributed by atoms with Crippen molar-refractivity contribution in [1.29, 1.82) is 0 Å². The number of fused-ring (bicyclic) bond motifs is 1. The highest BCUT2D eigenvalue weighted by Crippen LogP contribution is 2.27. The molecular formula is C21H20FN7O2. The number of aromatic nitrogens is 4. The van der Waals surface area contributed by atoms with Crippen LogP contribution in [0.4, 0.5) is 16.3 Å². The van der Waals surface area contributed by atoms with E-state index >= 15 is 0 Å². The fourth-order valence-electron chi connectivity index (χ4n) is 3.43. The van der Waals surface area contributed by atoms with Crippen LogP contribution in [0, 0.1) is 5.82 Å². The zero-order valence-corrected chi connectivity index (χ0v) is 16.7. The maximum Gasteiger partial charge on any atom is 0.254 e. The van der Waals surface area contributed by atoms with Crippen molar-refractivity contribution in [2.75, 3.05) is 10.6 Å². The van der Waals surface area contributed by atoms with Crippen LogP contribution in [0.5, 0.6) is 0 Å². The fourth-order valence-corrected chi connectivity index (χ4v) is 3.43. The highest BCUT2D eigenvalue weighted by molar-refractivity contribution is 6.15. The second kappa shape index (κ2) is 7.46. The molecule has 10 heteroatoms. The molecule has 0 bridgehead atoms. The standard InChI is InChI=1S/C21H20FN7O2/c1-11(12-3-2-4-15(22)8-12)24-20-27-18-14(7-13-9-17(30)26-19(13)31)10-23-29(18)21(28-20)25-16-5-6-16/h2-4,7-8,10-11,16H,5-6,9H2,1H3,(H,26,30,31)(H2,24,25,27,28)/b13-7+. The monoisotopic (exact) mass is 421 g/mol. The number of rotatable bonds is 6. The van der Waals surface area contributed by atoms with Crippen LogP contribution in [0.3, 0.4) is 0 Å². The molecule has 2 aliphatic rings. The van der Waals surface area contributed by atoms with Crippen molar-refractivity contribution in [2.45, 2.75) is 38.3 Å². The van der Waals surface area contributed by atoms with Gasteiger partial charge in [-0.05, 0) is 43.5 Å². The first-order valence-corrected chi connectivity index (χ1v) is 10.1. The van der Waals surface area contributed by atoms with Gasteiger partial charge in [0.25, 0.3) is 5.91 Å². The van der Waals surface area contributed by atoms with Crippen molar-refractivity contribution < 1.29 is 14.0 Å². The first-order valence-electron chi connectivity index (χ1n) is 10.1. The van der Waals surface area contributed by atoms with Gasteiger partial charge < -0.3 is 10.6 Å². The highest BCUT2D eigenvalue weighted by Gasteiger charge is 2.26. The maximum absolute atomic E-state index is 13.6. The van der Waals surface area contributed by atoms with Crippen LogP contribution in [0.2, 0.25) is 0 Å². The summed E-state index contributed by atoms with van der Waals surface area (Å²) in [5.74, 6) is -0.178. The molecule has 1 unspecified atom stereocenters. The number of carbonyl (C=O) groups excluding carboxylic acids is 2. The maximum atomic E-state index is 13.6. The smallest absolute Gasteiger partial charge is 0.254 e. The van der Waals surface area contributed by atoms with Crippen LogP contribution in [-0.4, -0.2) is 37.4 Å². The summed E-state index contributed by atoms with van der Waals surface area (Å²) in [6, 6.07) is 6.43. The summed E-state index contributed by atoms with van der Waals surface area (Å²) in [4.78, 5) is 32.6. The number of hydrogen-bond donors (Lipinski definition) is 3. The summed E-state index contributed by atoms with van der Waals surface area (Å²) in [7, 11) is 0. The lowest BCUT2D eigenvalue weighted by Crippen LogP contribution is -2.19. The molecule has 3 aromatic rings. The summed E-state index contributed by atoms with van der Waals surface area (Å²) in [6.07, 6.45) is 5.33. The van der Waals surface area contributed by atoms with Crippen LogP contribution in [0.15, 0.2) is 36.0 Å². The molecule has 1 saturated heterocycles. The van der Waals surface area contributed by atoms with E-state index in [1.165, 1.54) is 12.1 Å². The third-order valence-corrected chi connectivity index (χ3v) is 5.23. The number of amides is 2. The molecular weight excluding hydrogens is 401 g/mol. The molecule has 1 aromatic carbocycles. The largest absolute Gasteiger partial charge is 0.351 e. The van der Waals surface area contributed by atoms with Crippen LogP contribution < -0.4 is 16.0 Å². The molecule has 31 heavy (non-hydrogen) atoms. The Labute approximate surface area is 176 Å². The molecule has 3 heterocycles. The average Bonchev–Trinajstić information content (AvgIpc) is 3.37. The molecule has 1 aliphatic carbocycles. The van der Waals surface area contributed by atoms with Crippen LogP contribution in [0.25, 0.3) is 11.7 Å². The van der Waals surface area contributed by atoms with Crippen molar-refractivity contribution in [3.8, 4) is 0 Å². The lowest BCUT2D eigenvalue weighted by Gasteiger charge is -2.16. The van der Waals surface area contributed by atoms with E-state index in [2.05, 4.69) is 31.0 Å². The van der Waals surface area contributed by atoms with Gasteiger partial charge in [-0.25, -0.2) is 4.39 Å². The van der Waals surface area contributed by atoms with Gasteiger partial charge in [0.15, 0.2) is 5.65 Å². The third-order valence-electron chi connectivity index (χ3n) is 5.23. The van der Waals surface area contributed by atoms with Crippen molar-refractivity contribution in [1.82, 2.24) is 24.9 Å².